The van der Waals surface area contributed by atoms with Gasteiger partial charge in [-0.1, -0.05) is 53.9 Å². The molecule has 1 atom stereocenters. The summed E-state index contributed by atoms with van der Waals surface area (Å²) < 4.78 is -2.01. The molecule has 2 amide bonds. The molecule has 1 aliphatic rings. The van der Waals surface area contributed by atoms with Crippen molar-refractivity contribution < 1.29 is 9.59 Å². The van der Waals surface area contributed by atoms with Gasteiger partial charge in [-0.3, -0.25) is 9.59 Å². The molecular weight excluding hydrogens is 337 g/mol. The van der Waals surface area contributed by atoms with Crippen molar-refractivity contribution in [3.63, 3.8) is 0 Å². The second kappa shape index (κ2) is 6.22. The summed E-state index contributed by atoms with van der Waals surface area (Å²) in [5.74, 6) is -0.797. The number of hydrogen-bond acceptors (Lipinski definition) is 3. The van der Waals surface area contributed by atoms with Gasteiger partial charge in [0.25, 0.3) is 9.70 Å². The molecule has 0 fully saturated rings. The average molecular weight is 349 g/mol. The Morgan fingerprint density at radius 3 is 2.48 bits per heavy atom. The van der Waals surface area contributed by atoms with Crippen LogP contribution in [-0.2, 0) is 9.59 Å². The van der Waals surface area contributed by atoms with E-state index >= 15 is 0 Å². The number of benzene rings is 1. The molecule has 0 aromatic heterocycles. The molecule has 0 bridgehead atoms. The molecule has 5 nitrogen and oxygen atoms in total. The van der Waals surface area contributed by atoms with E-state index in [1.165, 1.54) is 0 Å². The van der Waals surface area contributed by atoms with Crippen molar-refractivity contribution >= 4 is 58.0 Å². The van der Waals surface area contributed by atoms with E-state index in [4.69, 9.17) is 34.8 Å². The number of hydrazone groups is 1. The van der Waals surface area contributed by atoms with Crippen molar-refractivity contribution in [3.05, 3.63) is 29.8 Å². The number of hydrogen-bond donors (Lipinski definition) is 2. The molecular formula is C13H12Cl3N3O2. The van der Waals surface area contributed by atoms with Crippen LogP contribution in [0.1, 0.15) is 18.9 Å². The largest absolute Gasteiger partial charge is 0.322 e. The summed E-state index contributed by atoms with van der Waals surface area (Å²) in [5.41, 5.74) is 4.60. The fourth-order valence-electron chi connectivity index (χ4n) is 1.93. The van der Waals surface area contributed by atoms with Crippen LogP contribution in [0.25, 0.3) is 0 Å². The zero-order chi connectivity index (χ0) is 15.6. The predicted octanol–water partition coefficient (Wildman–Crippen LogP) is 2.86. The van der Waals surface area contributed by atoms with E-state index < -0.39 is 9.70 Å². The topological polar surface area (TPSA) is 70.6 Å². The number of nitrogens with one attached hydrogen (secondary N) is 2. The third kappa shape index (κ3) is 4.09. The van der Waals surface area contributed by atoms with Gasteiger partial charge < -0.3 is 5.32 Å². The maximum absolute atomic E-state index is 11.5. The number of rotatable bonds is 2. The Labute approximate surface area is 136 Å². The minimum Gasteiger partial charge on any atom is -0.322 e. The first kappa shape index (κ1) is 16.1. The highest BCUT2D eigenvalue weighted by Gasteiger charge is 2.30. The molecule has 1 unspecified atom stereocenters. The minimum atomic E-state index is -2.01. The van der Waals surface area contributed by atoms with Crippen LogP contribution < -0.4 is 10.7 Å². The highest BCUT2D eigenvalue weighted by Crippen LogP contribution is 2.28. The smallest absolute Gasteiger partial charge is 0.276 e. The van der Waals surface area contributed by atoms with Crippen LogP contribution in [-0.4, -0.2) is 21.3 Å². The van der Waals surface area contributed by atoms with Crippen LogP contribution in [0.3, 0.4) is 0 Å². The molecule has 1 aromatic carbocycles. The van der Waals surface area contributed by atoms with E-state index in [1.54, 1.807) is 24.3 Å². The summed E-state index contributed by atoms with van der Waals surface area (Å²) in [4.78, 5) is 22.7. The third-order valence-electron chi connectivity index (χ3n) is 2.96. The Morgan fingerprint density at radius 1 is 1.33 bits per heavy atom. The van der Waals surface area contributed by atoms with Crippen molar-refractivity contribution in [2.24, 2.45) is 11.0 Å². The number of carbonyl (C=O) groups excluding carboxylic acids is 2. The Kier molecular flexibility index (Phi) is 4.76. The predicted molar refractivity (Wildman–Crippen MR) is 83.8 cm³/mol. The van der Waals surface area contributed by atoms with Crippen molar-refractivity contribution in [1.82, 2.24) is 5.43 Å². The first-order valence-corrected chi connectivity index (χ1v) is 7.26. The fourth-order valence-corrected chi connectivity index (χ4v) is 2.07. The van der Waals surface area contributed by atoms with Crippen molar-refractivity contribution in [1.29, 1.82) is 0 Å². The molecule has 0 aliphatic carbocycles. The van der Waals surface area contributed by atoms with Gasteiger partial charge in [0.15, 0.2) is 0 Å². The van der Waals surface area contributed by atoms with Crippen LogP contribution >= 0.6 is 34.8 Å². The zero-order valence-corrected chi connectivity index (χ0v) is 13.3. The molecule has 21 heavy (non-hydrogen) atoms. The van der Waals surface area contributed by atoms with Gasteiger partial charge in [0, 0.05) is 18.0 Å². The number of anilines is 1. The van der Waals surface area contributed by atoms with Gasteiger partial charge in [-0.05, 0) is 17.7 Å². The van der Waals surface area contributed by atoms with Crippen molar-refractivity contribution in [2.75, 3.05) is 5.32 Å². The number of halogens is 3. The summed E-state index contributed by atoms with van der Waals surface area (Å²) in [5, 5.41) is 6.54. The van der Waals surface area contributed by atoms with Crippen LogP contribution in [0.15, 0.2) is 29.4 Å². The van der Waals surface area contributed by atoms with Crippen LogP contribution in [0, 0.1) is 5.92 Å². The van der Waals surface area contributed by atoms with Crippen LogP contribution in [0.2, 0.25) is 0 Å². The molecule has 0 spiro atoms. The fraction of sp³-hybridized carbons (Fsp3) is 0.308. The zero-order valence-electron chi connectivity index (χ0n) is 11.0. The lowest BCUT2D eigenvalue weighted by Gasteiger charge is -2.19. The molecule has 0 saturated carbocycles. The van der Waals surface area contributed by atoms with E-state index in [0.29, 0.717) is 12.1 Å². The number of alkyl halides is 3. The molecule has 8 heteroatoms. The lowest BCUT2D eigenvalue weighted by atomic mass is 9.94. The second-order valence-corrected chi connectivity index (χ2v) is 6.95. The van der Waals surface area contributed by atoms with Gasteiger partial charge in [-0.2, -0.15) is 5.10 Å². The number of nitrogens with zero attached hydrogens (tertiary/aromatic N) is 1. The SMILES string of the molecule is CC1CC(=O)NN=C1c1ccc(NC(=O)C(Cl)(Cl)Cl)cc1. The molecule has 1 heterocycles. The first-order chi connectivity index (χ1) is 9.77. The van der Waals surface area contributed by atoms with Gasteiger partial charge in [-0.25, -0.2) is 5.43 Å². The summed E-state index contributed by atoms with van der Waals surface area (Å²) in [7, 11) is 0. The second-order valence-electron chi connectivity index (χ2n) is 4.67. The summed E-state index contributed by atoms with van der Waals surface area (Å²) >= 11 is 16.4. The molecule has 0 saturated heterocycles. The highest BCUT2D eigenvalue weighted by atomic mass is 35.6. The average Bonchev–Trinajstić information content (AvgIpc) is 2.39. The minimum absolute atomic E-state index is 0.0281. The van der Waals surface area contributed by atoms with Gasteiger partial charge in [0.05, 0.1) is 5.71 Å². The van der Waals surface area contributed by atoms with E-state index in [2.05, 4.69) is 15.8 Å². The van der Waals surface area contributed by atoms with Crippen molar-refractivity contribution in [2.45, 2.75) is 17.1 Å². The Balaban J connectivity index is 2.13. The quantitative estimate of drug-likeness (QED) is 0.807. The number of carbonyl (C=O) groups is 2. The van der Waals surface area contributed by atoms with Gasteiger partial charge in [0.1, 0.15) is 0 Å². The van der Waals surface area contributed by atoms with E-state index in [-0.39, 0.29) is 11.8 Å². The molecule has 1 aliphatic heterocycles. The lowest BCUT2D eigenvalue weighted by Crippen LogP contribution is -2.32. The Hall–Kier alpha value is -1.30. The maximum atomic E-state index is 11.5. The normalized spacial score (nSPS) is 18.8. The molecule has 0 radical (unpaired) electrons. The lowest BCUT2D eigenvalue weighted by molar-refractivity contribution is -0.122. The van der Waals surface area contributed by atoms with E-state index in [0.717, 1.165) is 11.3 Å². The molecule has 2 rings (SSSR count). The number of amides is 2. The maximum Gasteiger partial charge on any atom is 0.276 e. The van der Waals surface area contributed by atoms with Gasteiger partial charge >= 0.3 is 0 Å². The highest BCUT2D eigenvalue weighted by molar-refractivity contribution is 6.76. The monoisotopic (exact) mass is 347 g/mol. The molecule has 1 aromatic rings. The summed E-state index contributed by atoms with van der Waals surface area (Å²) in [6.45, 7) is 1.93. The van der Waals surface area contributed by atoms with Crippen LogP contribution in [0.4, 0.5) is 5.69 Å². The summed E-state index contributed by atoms with van der Waals surface area (Å²) in [6.07, 6.45) is 0.393. The van der Waals surface area contributed by atoms with E-state index in [9.17, 15) is 9.59 Å². The van der Waals surface area contributed by atoms with Gasteiger partial charge in [0.2, 0.25) is 5.91 Å². The van der Waals surface area contributed by atoms with Crippen molar-refractivity contribution in [3.8, 4) is 0 Å². The standard InChI is InChI=1S/C13H12Cl3N3O2/c1-7-6-10(20)18-19-11(7)8-2-4-9(5-3-8)17-12(21)13(14,15)16/h2-5,7H,6H2,1H3,(H,17,21)(H,18,20). The van der Waals surface area contributed by atoms with Crippen LogP contribution in [0.5, 0.6) is 0 Å². The Morgan fingerprint density at radius 2 is 1.95 bits per heavy atom. The molecule has 2 N–H and O–H groups in total. The van der Waals surface area contributed by atoms with Gasteiger partial charge in [-0.15, -0.1) is 0 Å². The van der Waals surface area contributed by atoms with E-state index in [1.807, 2.05) is 6.92 Å². The Bertz CT molecular complexity index is 594. The third-order valence-corrected chi connectivity index (χ3v) is 3.47. The first-order valence-electron chi connectivity index (χ1n) is 6.12. The molecule has 112 valence electrons. The summed E-state index contributed by atoms with van der Waals surface area (Å²) in [6, 6.07) is 6.91.